The molecule has 0 saturated heterocycles. The lowest BCUT2D eigenvalue weighted by Gasteiger charge is -2.07. The molecule has 0 radical (unpaired) electrons. The van der Waals surface area contributed by atoms with Gasteiger partial charge in [0.2, 0.25) is 5.88 Å². The molecule has 0 unspecified atom stereocenters. The first-order valence-electron chi connectivity index (χ1n) is 8.05. The molecular weight excluding hydrogens is 403 g/mol. The van der Waals surface area contributed by atoms with E-state index in [1.54, 1.807) is 36.4 Å². The lowest BCUT2D eigenvalue weighted by Crippen LogP contribution is -2.16. The average molecular weight is 415 g/mol. The smallest absolute Gasteiger partial charge is 0.411 e. The largest absolute Gasteiger partial charge is 0.457 e. The summed E-state index contributed by atoms with van der Waals surface area (Å²) in [6.45, 7) is 0. The molecule has 0 aliphatic carbocycles. The number of imidazole rings is 1. The Labute approximate surface area is 169 Å². The van der Waals surface area contributed by atoms with E-state index in [9.17, 15) is 4.79 Å². The molecule has 0 atom stereocenters. The number of halogens is 2. The summed E-state index contributed by atoms with van der Waals surface area (Å²) in [5.41, 5.74) is 6.93. The van der Waals surface area contributed by atoms with Gasteiger partial charge in [0.15, 0.2) is 5.65 Å². The molecular formula is C19H12Cl2N4O3. The van der Waals surface area contributed by atoms with Gasteiger partial charge in [0.1, 0.15) is 17.3 Å². The summed E-state index contributed by atoms with van der Waals surface area (Å²) in [5, 5.41) is 0.887. The summed E-state index contributed by atoms with van der Waals surface area (Å²) in [6.07, 6.45) is -0.930. The number of aromatic nitrogens is 3. The van der Waals surface area contributed by atoms with Crippen LogP contribution in [0, 0.1) is 0 Å². The number of primary amides is 1. The number of aromatic amines is 1. The van der Waals surface area contributed by atoms with Crippen LogP contribution >= 0.6 is 23.2 Å². The number of benzene rings is 2. The molecule has 3 N–H and O–H groups in total. The second-order valence-electron chi connectivity index (χ2n) is 5.73. The Hall–Kier alpha value is -3.29. The molecule has 9 heteroatoms. The number of nitrogens with two attached hydrogens (primary N) is 1. The molecule has 0 saturated carbocycles. The Balaban J connectivity index is 1.56. The van der Waals surface area contributed by atoms with Crippen LogP contribution in [0.5, 0.6) is 17.4 Å². The van der Waals surface area contributed by atoms with E-state index >= 15 is 0 Å². The van der Waals surface area contributed by atoms with Crippen LogP contribution in [0.2, 0.25) is 10.0 Å². The number of nitrogens with zero attached hydrogens (tertiary/aromatic N) is 2. The number of hydrogen-bond acceptors (Lipinski definition) is 5. The molecule has 0 aliphatic heterocycles. The zero-order valence-electron chi connectivity index (χ0n) is 14.1. The van der Waals surface area contributed by atoms with E-state index in [2.05, 4.69) is 15.0 Å². The van der Waals surface area contributed by atoms with Gasteiger partial charge in [-0.25, -0.2) is 9.78 Å². The zero-order chi connectivity index (χ0) is 19.7. The molecule has 7 nitrogen and oxygen atoms in total. The Bertz CT molecular complexity index is 1180. The van der Waals surface area contributed by atoms with Crippen LogP contribution in [0.4, 0.5) is 4.79 Å². The van der Waals surface area contributed by atoms with E-state index in [4.69, 9.17) is 38.4 Å². The molecule has 2 heterocycles. The van der Waals surface area contributed by atoms with Crippen molar-refractivity contribution >= 4 is 40.5 Å². The van der Waals surface area contributed by atoms with Crippen molar-refractivity contribution < 1.29 is 14.3 Å². The second-order valence-corrected chi connectivity index (χ2v) is 6.54. The number of ether oxygens (including phenoxy) is 2. The summed E-state index contributed by atoms with van der Waals surface area (Å²) < 4.78 is 10.5. The highest BCUT2D eigenvalue weighted by Gasteiger charge is 2.10. The fourth-order valence-corrected chi connectivity index (χ4v) is 2.82. The maximum absolute atomic E-state index is 10.8. The standard InChI is InChI=1S/C19H12Cl2N4O3/c20-13-6-5-12(9-14(13)21)27-11-3-1-10(2-4-11)17-23-15-7-8-16(28-19(22)26)24-18(15)25-17/h1-9H,(H2,22,26)(H,23,24,25). The molecule has 0 bridgehead atoms. The van der Waals surface area contributed by atoms with Crippen molar-refractivity contribution in [2.75, 3.05) is 0 Å². The van der Waals surface area contributed by atoms with Crippen molar-refractivity contribution in [3.8, 4) is 28.8 Å². The fraction of sp³-hybridized carbons (Fsp3) is 0. The number of H-pyrrole nitrogens is 1. The van der Waals surface area contributed by atoms with E-state index in [0.717, 1.165) is 5.56 Å². The molecule has 2 aromatic heterocycles. The maximum atomic E-state index is 10.8. The van der Waals surface area contributed by atoms with Gasteiger partial charge in [0, 0.05) is 17.7 Å². The summed E-state index contributed by atoms with van der Waals surface area (Å²) in [5.74, 6) is 1.91. The predicted molar refractivity (Wildman–Crippen MR) is 106 cm³/mol. The Morgan fingerprint density at radius 1 is 0.929 bits per heavy atom. The molecule has 140 valence electrons. The van der Waals surface area contributed by atoms with E-state index in [0.29, 0.717) is 38.5 Å². The minimum Gasteiger partial charge on any atom is -0.457 e. The normalized spacial score (nSPS) is 10.8. The maximum Gasteiger partial charge on any atom is 0.411 e. The lowest BCUT2D eigenvalue weighted by molar-refractivity contribution is 0.209. The Morgan fingerprint density at radius 2 is 1.68 bits per heavy atom. The van der Waals surface area contributed by atoms with Crippen LogP contribution in [0.15, 0.2) is 54.6 Å². The van der Waals surface area contributed by atoms with Crippen LogP contribution in [-0.4, -0.2) is 21.0 Å². The van der Waals surface area contributed by atoms with Crippen molar-refractivity contribution in [3.63, 3.8) is 0 Å². The van der Waals surface area contributed by atoms with E-state index in [1.165, 1.54) is 6.07 Å². The SMILES string of the molecule is NC(=O)Oc1ccc2[nH]c(-c3ccc(Oc4ccc(Cl)c(Cl)c4)cc3)nc2n1. The van der Waals surface area contributed by atoms with Gasteiger partial charge in [0.05, 0.1) is 15.6 Å². The predicted octanol–water partition coefficient (Wildman–Crippen LogP) is 5.18. The zero-order valence-corrected chi connectivity index (χ0v) is 15.7. The monoisotopic (exact) mass is 414 g/mol. The first kappa shape index (κ1) is 18.1. The molecule has 4 rings (SSSR count). The number of rotatable bonds is 4. The molecule has 2 aromatic carbocycles. The Kier molecular flexibility index (Phi) is 4.77. The number of pyridine rings is 1. The molecule has 0 aliphatic rings. The highest BCUT2D eigenvalue weighted by molar-refractivity contribution is 6.42. The van der Waals surface area contributed by atoms with E-state index < -0.39 is 6.09 Å². The third-order valence-electron chi connectivity index (χ3n) is 3.78. The van der Waals surface area contributed by atoms with Crippen molar-refractivity contribution in [1.82, 2.24) is 15.0 Å². The minimum atomic E-state index is -0.930. The van der Waals surface area contributed by atoms with Crippen LogP contribution in [-0.2, 0) is 0 Å². The van der Waals surface area contributed by atoms with Crippen LogP contribution < -0.4 is 15.2 Å². The summed E-state index contributed by atoms with van der Waals surface area (Å²) >= 11 is 11.9. The van der Waals surface area contributed by atoms with Crippen LogP contribution in [0.25, 0.3) is 22.6 Å². The van der Waals surface area contributed by atoms with E-state index in [1.807, 2.05) is 12.1 Å². The molecule has 0 fully saturated rings. The first-order chi connectivity index (χ1) is 13.5. The van der Waals surface area contributed by atoms with E-state index in [-0.39, 0.29) is 5.88 Å². The summed E-state index contributed by atoms with van der Waals surface area (Å²) in [6, 6.07) is 15.6. The van der Waals surface area contributed by atoms with Gasteiger partial charge in [-0.1, -0.05) is 23.2 Å². The van der Waals surface area contributed by atoms with Crippen molar-refractivity contribution in [2.45, 2.75) is 0 Å². The van der Waals surface area contributed by atoms with Gasteiger partial charge in [-0.15, -0.1) is 0 Å². The fourth-order valence-electron chi connectivity index (χ4n) is 2.53. The topological polar surface area (TPSA) is 103 Å². The highest BCUT2D eigenvalue weighted by atomic mass is 35.5. The lowest BCUT2D eigenvalue weighted by atomic mass is 10.2. The van der Waals surface area contributed by atoms with Gasteiger partial charge in [0.25, 0.3) is 0 Å². The first-order valence-corrected chi connectivity index (χ1v) is 8.81. The number of hydrogen-bond donors (Lipinski definition) is 2. The molecule has 0 spiro atoms. The third-order valence-corrected chi connectivity index (χ3v) is 4.52. The van der Waals surface area contributed by atoms with Crippen molar-refractivity contribution in [3.05, 3.63) is 64.6 Å². The summed E-state index contributed by atoms with van der Waals surface area (Å²) in [7, 11) is 0. The molecule has 1 amide bonds. The second kappa shape index (κ2) is 7.38. The minimum absolute atomic E-state index is 0.0865. The Morgan fingerprint density at radius 3 is 2.39 bits per heavy atom. The van der Waals surface area contributed by atoms with Crippen LogP contribution in [0.1, 0.15) is 0 Å². The third kappa shape index (κ3) is 3.85. The number of nitrogens with one attached hydrogen (secondary N) is 1. The van der Waals surface area contributed by atoms with Gasteiger partial charge >= 0.3 is 6.09 Å². The number of amides is 1. The molecule has 28 heavy (non-hydrogen) atoms. The number of carbonyl (C=O) groups excluding carboxylic acids is 1. The molecule has 4 aromatic rings. The van der Waals surface area contributed by atoms with Crippen LogP contribution in [0.3, 0.4) is 0 Å². The van der Waals surface area contributed by atoms with Gasteiger partial charge in [-0.3, -0.25) is 0 Å². The van der Waals surface area contributed by atoms with Crippen molar-refractivity contribution in [1.29, 1.82) is 0 Å². The van der Waals surface area contributed by atoms with Crippen molar-refractivity contribution in [2.24, 2.45) is 5.73 Å². The highest BCUT2D eigenvalue weighted by Crippen LogP contribution is 2.30. The number of carbonyl (C=O) groups is 1. The van der Waals surface area contributed by atoms with Gasteiger partial charge in [-0.2, -0.15) is 4.98 Å². The van der Waals surface area contributed by atoms with Gasteiger partial charge < -0.3 is 20.2 Å². The average Bonchev–Trinajstić information content (AvgIpc) is 3.08. The number of fused-ring (bicyclic) bond motifs is 1. The van der Waals surface area contributed by atoms with Gasteiger partial charge in [-0.05, 0) is 42.5 Å². The quantitative estimate of drug-likeness (QED) is 0.478. The summed E-state index contributed by atoms with van der Waals surface area (Å²) in [4.78, 5) is 22.5.